The van der Waals surface area contributed by atoms with Gasteiger partial charge in [-0.1, -0.05) is 21.2 Å². The van der Waals surface area contributed by atoms with Gasteiger partial charge in [0.1, 0.15) is 10.0 Å². The molecule has 0 bridgehead atoms. The Balaban J connectivity index is 1.53. The smallest absolute Gasteiger partial charge is 0.223 e. The van der Waals surface area contributed by atoms with Crippen molar-refractivity contribution in [3.8, 4) is 0 Å². The molecule has 21 heavy (non-hydrogen) atoms. The SMILES string of the molecule is Cc1nc(CN2CCCN(Cc3nnsc3Cl)CC2)no1. The molecule has 0 amide bonds. The molecule has 9 heteroatoms. The van der Waals surface area contributed by atoms with Crippen LogP contribution < -0.4 is 0 Å². The Bertz CT molecular complexity index is 588. The summed E-state index contributed by atoms with van der Waals surface area (Å²) in [6.07, 6.45) is 1.10. The summed E-state index contributed by atoms with van der Waals surface area (Å²) in [5.74, 6) is 1.37. The van der Waals surface area contributed by atoms with Crippen LogP contribution in [-0.2, 0) is 13.1 Å². The van der Waals surface area contributed by atoms with E-state index < -0.39 is 0 Å². The lowest BCUT2D eigenvalue weighted by Gasteiger charge is -2.20. The molecule has 0 saturated carbocycles. The van der Waals surface area contributed by atoms with Gasteiger partial charge >= 0.3 is 0 Å². The highest BCUT2D eigenvalue weighted by atomic mass is 35.5. The number of halogens is 1. The molecule has 7 nitrogen and oxygen atoms in total. The minimum absolute atomic E-state index is 0.618. The average molecular weight is 329 g/mol. The Morgan fingerprint density at radius 3 is 2.57 bits per heavy atom. The van der Waals surface area contributed by atoms with Crippen molar-refractivity contribution in [2.75, 3.05) is 26.2 Å². The first kappa shape index (κ1) is 14.8. The fraction of sp³-hybridized carbons (Fsp3) is 0.667. The zero-order valence-corrected chi connectivity index (χ0v) is 13.4. The normalized spacial score (nSPS) is 18.0. The summed E-state index contributed by atoms with van der Waals surface area (Å²) < 4.78 is 9.59. The summed E-state index contributed by atoms with van der Waals surface area (Å²) in [6.45, 7) is 7.34. The molecule has 114 valence electrons. The lowest BCUT2D eigenvalue weighted by Crippen LogP contribution is -2.30. The van der Waals surface area contributed by atoms with Crippen LogP contribution in [0.1, 0.15) is 23.8 Å². The van der Waals surface area contributed by atoms with Crippen LogP contribution >= 0.6 is 23.1 Å². The summed E-state index contributed by atoms with van der Waals surface area (Å²) in [4.78, 5) is 8.98. The van der Waals surface area contributed by atoms with Gasteiger partial charge in [0.2, 0.25) is 5.89 Å². The van der Waals surface area contributed by atoms with E-state index in [2.05, 4.69) is 29.5 Å². The predicted octanol–water partition coefficient (Wildman–Crippen LogP) is 1.59. The molecule has 3 rings (SSSR count). The van der Waals surface area contributed by atoms with Crippen LogP contribution in [0.5, 0.6) is 0 Å². The number of hydrogen-bond acceptors (Lipinski definition) is 8. The number of aryl methyl sites for hydroxylation is 1. The Labute approximate surface area is 132 Å². The second kappa shape index (κ2) is 6.78. The first-order valence-corrected chi connectivity index (χ1v) is 8.06. The molecule has 0 aromatic carbocycles. The lowest BCUT2D eigenvalue weighted by molar-refractivity contribution is 0.240. The maximum Gasteiger partial charge on any atom is 0.223 e. The van der Waals surface area contributed by atoms with E-state index in [4.69, 9.17) is 16.1 Å². The van der Waals surface area contributed by atoms with E-state index >= 15 is 0 Å². The molecule has 1 aliphatic rings. The van der Waals surface area contributed by atoms with E-state index in [1.165, 1.54) is 11.5 Å². The monoisotopic (exact) mass is 328 g/mol. The van der Waals surface area contributed by atoms with Crippen molar-refractivity contribution in [1.82, 2.24) is 29.5 Å². The number of rotatable bonds is 4. The number of nitrogens with zero attached hydrogens (tertiary/aromatic N) is 6. The minimum atomic E-state index is 0.618. The summed E-state index contributed by atoms with van der Waals surface area (Å²) in [5, 5.41) is 8.04. The third-order valence-electron chi connectivity index (χ3n) is 3.50. The van der Waals surface area contributed by atoms with Crippen LogP contribution in [0.3, 0.4) is 0 Å². The van der Waals surface area contributed by atoms with Gasteiger partial charge in [0.15, 0.2) is 5.82 Å². The van der Waals surface area contributed by atoms with Crippen LogP contribution in [0, 0.1) is 6.92 Å². The maximum atomic E-state index is 6.07. The van der Waals surface area contributed by atoms with Gasteiger partial charge in [-0.2, -0.15) is 4.98 Å². The molecule has 3 heterocycles. The van der Waals surface area contributed by atoms with Crippen LogP contribution in [0.2, 0.25) is 4.34 Å². The fourth-order valence-electron chi connectivity index (χ4n) is 2.45. The third-order valence-corrected chi connectivity index (χ3v) is 4.48. The topological polar surface area (TPSA) is 71.2 Å². The van der Waals surface area contributed by atoms with Crippen molar-refractivity contribution in [2.24, 2.45) is 0 Å². The van der Waals surface area contributed by atoms with E-state index in [1.54, 1.807) is 0 Å². The van der Waals surface area contributed by atoms with E-state index in [-0.39, 0.29) is 0 Å². The van der Waals surface area contributed by atoms with Gasteiger partial charge in [0.05, 0.1) is 6.54 Å². The zero-order chi connectivity index (χ0) is 14.7. The Morgan fingerprint density at radius 1 is 1.19 bits per heavy atom. The molecule has 0 atom stereocenters. The summed E-state index contributed by atoms with van der Waals surface area (Å²) in [7, 11) is 0. The van der Waals surface area contributed by atoms with Gasteiger partial charge in [0, 0.05) is 38.1 Å². The van der Waals surface area contributed by atoms with Gasteiger partial charge < -0.3 is 4.52 Å². The van der Waals surface area contributed by atoms with Crippen molar-refractivity contribution in [3.63, 3.8) is 0 Å². The first-order chi connectivity index (χ1) is 10.2. The standard InChI is InChI=1S/C12H17ClN6OS/c1-9-14-11(16-20-9)8-19-4-2-3-18(5-6-19)7-10-12(13)21-17-15-10/h2-8H2,1H3. The van der Waals surface area contributed by atoms with Gasteiger partial charge in [-0.05, 0) is 19.5 Å². The summed E-state index contributed by atoms with van der Waals surface area (Å²) >= 11 is 7.31. The number of aromatic nitrogens is 4. The Morgan fingerprint density at radius 2 is 1.95 bits per heavy atom. The van der Waals surface area contributed by atoms with Gasteiger partial charge in [0.25, 0.3) is 0 Å². The quantitative estimate of drug-likeness (QED) is 0.844. The molecule has 1 aliphatic heterocycles. The first-order valence-electron chi connectivity index (χ1n) is 6.91. The van der Waals surface area contributed by atoms with Crippen molar-refractivity contribution in [1.29, 1.82) is 0 Å². The largest absolute Gasteiger partial charge is 0.340 e. The van der Waals surface area contributed by atoms with Crippen molar-refractivity contribution >= 4 is 23.1 Å². The van der Waals surface area contributed by atoms with Crippen molar-refractivity contribution < 1.29 is 4.52 Å². The molecule has 1 saturated heterocycles. The molecule has 2 aromatic rings. The summed E-state index contributed by atoms with van der Waals surface area (Å²) in [5.41, 5.74) is 0.879. The highest BCUT2D eigenvalue weighted by molar-refractivity contribution is 7.10. The van der Waals surface area contributed by atoms with Gasteiger partial charge in [-0.25, -0.2) is 0 Å². The van der Waals surface area contributed by atoms with E-state index in [0.29, 0.717) is 10.2 Å². The molecule has 2 aromatic heterocycles. The van der Waals surface area contributed by atoms with Crippen molar-refractivity contribution in [2.45, 2.75) is 26.4 Å². The molecular formula is C12H17ClN6OS. The highest BCUT2D eigenvalue weighted by Gasteiger charge is 2.18. The molecular weight excluding hydrogens is 312 g/mol. The second-order valence-electron chi connectivity index (χ2n) is 5.13. The minimum Gasteiger partial charge on any atom is -0.340 e. The van der Waals surface area contributed by atoms with Crippen LogP contribution in [0.25, 0.3) is 0 Å². The molecule has 1 fully saturated rings. The molecule has 0 N–H and O–H groups in total. The molecule has 0 aliphatic carbocycles. The van der Waals surface area contributed by atoms with E-state index in [9.17, 15) is 0 Å². The van der Waals surface area contributed by atoms with Crippen LogP contribution in [0.4, 0.5) is 0 Å². The van der Waals surface area contributed by atoms with Crippen LogP contribution in [-0.4, -0.2) is 55.7 Å². The van der Waals surface area contributed by atoms with Gasteiger partial charge in [-0.15, -0.1) is 5.10 Å². The van der Waals surface area contributed by atoms with Crippen molar-refractivity contribution in [3.05, 3.63) is 21.7 Å². The lowest BCUT2D eigenvalue weighted by atomic mass is 10.3. The van der Waals surface area contributed by atoms with Crippen LogP contribution in [0.15, 0.2) is 4.52 Å². The number of hydrogen-bond donors (Lipinski definition) is 0. The summed E-state index contributed by atoms with van der Waals surface area (Å²) in [6, 6.07) is 0. The van der Waals surface area contributed by atoms with Gasteiger partial charge in [-0.3, -0.25) is 9.80 Å². The fourth-order valence-corrected chi connectivity index (χ4v) is 3.06. The van der Waals surface area contributed by atoms with E-state index in [0.717, 1.165) is 57.2 Å². The Hall–Kier alpha value is -1.09. The molecule has 0 unspecified atom stereocenters. The average Bonchev–Trinajstić information content (AvgIpc) is 2.97. The van der Waals surface area contributed by atoms with E-state index in [1.807, 2.05) is 6.92 Å². The predicted molar refractivity (Wildman–Crippen MR) is 79.1 cm³/mol. The molecule has 0 radical (unpaired) electrons. The zero-order valence-electron chi connectivity index (χ0n) is 11.8. The molecule has 0 spiro atoms. The highest BCUT2D eigenvalue weighted by Crippen LogP contribution is 2.19. The Kier molecular flexibility index (Phi) is 4.79. The maximum absolute atomic E-state index is 6.07. The second-order valence-corrected chi connectivity index (χ2v) is 6.49. The third kappa shape index (κ3) is 3.97.